The van der Waals surface area contributed by atoms with Crippen molar-refractivity contribution in [1.82, 2.24) is 9.88 Å². The summed E-state index contributed by atoms with van der Waals surface area (Å²) in [5.74, 6) is 1.10. The summed E-state index contributed by atoms with van der Waals surface area (Å²) in [5, 5.41) is 15.6. The van der Waals surface area contributed by atoms with Gasteiger partial charge in [-0.15, -0.1) is 0 Å². The molecule has 0 atom stereocenters. The predicted molar refractivity (Wildman–Crippen MR) is 177 cm³/mol. The molecule has 4 aromatic rings. The van der Waals surface area contributed by atoms with Gasteiger partial charge in [0.15, 0.2) is 5.75 Å². The molecular formula is C34H34N9O3+. The number of anilines is 7. The van der Waals surface area contributed by atoms with Gasteiger partial charge in [0.2, 0.25) is 11.7 Å². The monoisotopic (exact) mass is 616 g/mol. The molecule has 3 N–H and O–H groups in total. The van der Waals surface area contributed by atoms with Crippen molar-refractivity contribution < 1.29 is 19.3 Å². The maximum absolute atomic E-state index is 14.2. The number of likely N-dealkylation sites (N-methyl/N-ethyl adjacent to an activating group) is 1. The molecule has 0 spiro atoms. The highest BCUT2D eigenvalue weighted by Gasteiger charge is 2.37. The topological polar surface area (TPSA) is 131 Å². The first-order valence-corrected chi connectivity index (χ1v) is 14.8. The number of hydrogen-bond donors (Lipinski definition) is 2. The first-order valence-electron chi connectivity index (χ1n) is 14.8. The number of aromatic amines is 1. The number of nitrogens with one attached hydrogen (secondary N) is 3. The molecule has 6 rings (SSSR count). The number of hydrogen-bond acceptors (Lipinski definition) is 8. The number of urea groups is 1. The van der Waals surface area contributed by atoms with Crippen molar-refractivity contribution in [2.45, 2.75) is 6.54 Å². The largest absolute Gasteiger partial charge is 0.493 e. The molecule has 0 bridgehead atoms. The van der Waals surface area contributed by atoms with Crippen LogP contribution in [0.1, 0.15) is 11.1 Å². The lowest BCUT2D eigenvalue weighted by Crippen LogP contribution is -2.46. The van der Waals surface area contributed by atoms with Crippen LogP contribution in [0.5, 0.6) is 5.75 Å². The molecular weight excluding hydrogens is 582 g/mol. The Labute approximate surface area is 267 Å². The van der Waals surface area contributed by atoms with Gasteiger partial charge in [-0.25, -0.2) is 20.0 Å². The van der Waals surface area contributed by atoms with Gasteiger partial charge in [0.05, 0.1) is 42.7 Å². The van der Waals surface area contributed by atoms with Gasteiger partial charge in [0, 0.05) is 49.3 Å². The fourth-order valence-corrected chi connectivity index (χ4v) is 5.52. The number of nitriles is 1. The normalized spacial score (nSPS) is 14.7. The van der Waals surface area contributed by atoms with E-state index in [0.717, 1.165) is 37.4 Å². The SMILES string of the molecule is C=CC(=O)Nc1cccc(N2C(=O)N(c3cccc(C#N)c3)Cc3c[nH+]c(Nc4ccc(N5CCN(C)CC5)cc4OC)nc32)c1. The summed E-state index contributed by atoms with van der Waals surface area (Å²) in [6, 6.07) is 21.6. The molecule has 3 aromatic carbocycles. The molecule has 3 amide bonds. The van der Waals surface area contributed by atoms with E-state index in [9.17, 15) is 14.9 Å². The molecule has 1 saturated heterocycles. The molecule has 46 heavy (non-hydrogen) atoms. The Bertz CT molecular complexity index is 1850. The number of fused-ring (bicyclic) bond motifs is 1. The average molecular weight is 617 g/mol. The van der Waals surface area contributed by atoms with E-state index >= 15 is 0 Å². The van der Waals surface area contributed by atoms with E-state index in [1.54, 1.807) is 66.7 Å². The fourth-order valence-electron chi connectivity index (χ4n) is 5.52. The maximum atomic E-state index is 14.2. The van der Waals surface area contributed by atoms with Crippen molar-refractivity contribution in [3.8, 4) is 11.8 Å². The van der Waals surface area contributed by atoms with Crippen LogP contribution in [0.4, 0.5) is 45.0 Å². The first-order chi connectivity index (χ1) is 22.4. The molecule has 2 aliphatic rings. The lowest BCUT2D eigenvalue weighted by Gasteiger charge is -2.34. The minimum atomic E-state index is -0.371. The van der Waals surface area contributed by atoms with Crippen molar-refractivity contribution in [2.24, 2.45) is 0 Å². The number of carbonyl (C=O) groups excluding carboxylic acids is 2. The molecule has 12 heteroatoms. The van der Waals surface area contributed by atoms with E-state index < -0.39 is 0 Å². The van der Waals surface area contributed by atoms with Gasteiger partial charge in [-0.05, 0) is 61.7 Å². The van der Waals surface area contributed by atoms with Gasteiger partial charge in [-0.3, -0.25) is 9.69 Å². The quantitative estimate of drug-likeness (QED) is 0.273. The molecule has 3 heterocycles. The number of benzene rings is 3. The molecule has 0 aliphatic carbocycles. The summed E-state index contributed by atoms with van der Waals surface area (Å²) in [5.41, 5.74) is 4.53. The van der Waals surface area contributed by atoms with Crippen LogP contribution in [-0.2, 0) is 11.3 Å². The zero-order valence-corrected chi connectivity index (χ0v) is 25.7. The Kier molecular flexibility index (Phi) is 8.49. The average Bonchev–Trinajstić information content (AvgIpc) is 3.08. The summed E-state index contributed by atoms with van der Waals surface area (Å²) in [6.45, 7) is 7.61. The lowest BCUT2D eigenvalue weighted by atomic mass is 10.1. The minimum Gasteiger partial charge on any atom is -0.493 e. The number of aromatic nitrogens is 2. The van der Waals surface area contributed by atoms with Crippen molar-refractivity contribution in [3.05, 3.63) is 96.7 Å². The van der Waals surface area contributed by atoms with Crippen LogP contribution >= 0.6 is 0 Å². The van der Waals surface area contributed by atoms with Crippen LogP contribution in [0.15, 0.2) is 85.6 Å². The van der Waals surface area contributed by atoms with E-state index in [4.69, 9.17) is 9.72 Å². The van der Waals surface area contributed by atoms with Crippen LogP contribution < -0.4 is 35.1 Å². The number of methoxy groups -OCH3 is 1. The molecule has 1 fully saturated rings. The van der Waals surface area contributed by atoms with Gasteiger partial charge in [-0.2, -0.15) is 5.26 Å². The summed E-state index contributed by atoms with van der Waals surface area (Å²) in [7, 11) is 3.76. The molecule has 232 valence electrons. The Morgan fingerprint density at radius 2 is 1.83 bits per heavy atom. The third-order valence-electron chi connectivity index (χ3n) is 8.00. The first kappa shape index (κ1) is 30.1. The number of amides is 3. The molecule has 1 aromatic heterocycles. The van der Waals surface area contributed by atoms with Crippen molar-refractivity contribution in [1.29, 1.82) is 5.26 Å². The molecule has 2 aliphatic heterocycles. The van der Waals surface area contributed by atoms with Gasteiger partial charge < -0.3 is 19.9 Å². The van der Waals surface area contributed by atoms with E-state index in [0.29, 0.717) is 45.8 Å². The van der Waals surface area contributed by atoms with E-state index in [-0.39, 0.29) is 18.5 Å². The number of nitrogens with zero attached hydrogens (tertiary/aromatic N) is 6. The Morgan fingerprint density at radius 3 is 2.59 bits per heavy atom. The Hall–Kier alpha value is -5.93. The predicted octanol–water partition coefficient (Wildman–Crippen LogP) is 4.67. The Morgan fingerprint density at radius 1 is 1.04 bits per heavy atom. The molecule has 0 radical (unpaired) electrons. The molecule has 12 nitrogen and oxygen atoms in total. The van der Waals surface area contributed by atoms with Crippen LogP contribution in [0.25, 0.3) is 0 Å². The molecule has 0 unspecified atom stereocenters. The fraction of sp³-hybridized carbons (Fsp3) is 0.206. The number of ether oxygens (including phenoxy) is 1. The van der Waals surface area contributed by atoms with Gasteiger partial charge in [-0.1, -0.05) is 23.7 Å². The van der Waals surface area contributed by atoms with E-state index in [1.807, 2.05) is 12.1 Å². The second kappa shape index (κ2) is 13.0. The Balaban J connectivity index is 1.36. The van der Waals surface area contributed by atoms with E-state index in [1.165, 1.54) is 11.0 Å². The second-order valence-corrected chi connectivity index (χ2v) is 11.0. The van der Waals surface area contributed by atoms with Crippen molar-refractivity contribution >= 4 is 52.1 Å². The smallest absolute Gasteiger partial charge is 0.396 e. The summed E-state index contributed by atoms with van der Waals surface area (Å²) in [4.78, 5) is 42.1. The number of rotatable bonds is 8. The van der Waals surface area contributed by atoms with Crippen LogP contribution in [-0.4, -0.2) is 62.2 Å². The minimum absolute atomic E-state index is 0.221. The lowest BCUT2D eigenvalue weighted by molar-refractivity contribution is -0.365. The zero-order chi connectivity index (χ0) is 32.2. The number of carbonyl (C=O) groups is 2. The number of piperazine rings is 1. The highest BCUT2D eigenvalue weighted by molar-refractivity contribution is 6.10. The van der Waals surface area contributed by atoms with Crippen LogP contribution in [0.3, 0.4) is 0 Å². The number of H-pyrrole nitrogens is 1. The van der Waals surface area contributed by atoms with Gasteiger partial charge >= 0.3 is 12.0 Å². The third-order valence-corrected chi connectivity index (χ3v) is 8.00. The summed E-state index contributed by atoms with van der Waals surface area (Å²) in [6.07, 6.45) is 2.99. The second-order valence-electron chi connectivity index (χ2n) is 11.0. The van der Waals surface area contributed by atoms with E-state index in [2.05, 4.69) is 51.2 Å². The summed E-state index contributed by atoms with van der Waals surface area (Å²) < 4.78 is 5.75. The maximum Gasteiger partial charge on any atom is 0.396 e. The van der Waals surface area contributed by atoms with Gasteiger partial charge in [0.25, 0.3) is 0 Å². The highest BCUT2D eigenvalue weighted by atomic mass is 16.5. The van der Waals surface area contributed by atoms with Crippen molar-refractivity contribution in [2.75, 3.05) is 65.7 Å². The third kappa shape index (κ3) is 6.17. The van der Waals surface area contributed by atoms with Gasteiger partial charge in [0.1, 0.15) is 5.69 Å². The zero-order valence-electron chi connectivity index (χ0n) is 25.7. The highest BCUT2D eigenvalue weighted by Crippen LogP contribution is 2.37. The van der Waals surface area contributed by atoms with Crippen LogP contribution in [0.2, 0.25) is 0 Å². The standard InChI is InChI=1S/C34H33N9O3/c1-4-31(44)37-25-8-6-10-28(18-25)43-32-24(22-42(34(43)45)27-9-5-7-23(17-27)20-35)21-36-33(39-32)38-29-12-11-26(19-30(29)46-3)41-15-13-40(2)14-16-41/h4-12,17-19,21H,1,13-16,22H2,2-3H3,(H,37,44)(H,36,38,39)/p+1. The summed E-state index contributed by atoms with van der Waals surface area (Å²) >= 11 is 0. The van der Waals surface area contributed by atoms with Crippen LogP contribution in [0, 0.1) is 11.3 Å². The van der Waals surface area contributed by atoms with Crippen molar-refractivity contribution in [3.63, 3.8) is 0 Å². The molecule has 0 saturated carbocycles.